The molecule has 0 spiro atoms. The average Bonchev–Trinajstić information content (AvgIpc) is 1.90. The zero-order valence-corrected chi connectivity index (χ0v) is 6.32. The Bertz CT molecular complexity index is 52.3. The van der Waals surface area contributed by atoms with Gasteiger partial charge in [0.15, 0.2) is 0 Å². The smallest absolute Gasteiger partial charge is 0.0684 e. The van der Waals surface area contributed by atoms with Crippen LogP contribution in [0.15, 0.2) is 0 Å². The Hall–Kier alpha value is -0.160. The normalized spacial score (nSPS) is 11.7. The van der Waals surface area contributed by atoms with Crippen LogP contribution in [-0.4, -0.2) is 41.2 Å². The van der Waals surface area contributed by atoms with E-state index in [1.807, 2.05) is 0 Å². The van der Waals surface area contributed by atoms with Gasteiger partial charge in [-0.3, -0.25) is 0 Å². The van der Waals surface area contributed by atoms with Crippen LogP contribution in [0.1, 0.15) is 13.3 Å². The first kappa shape index (κ1) is 12.5. The molecule has 1 atom stereocenters. The van der Waals surface area contributed by atoms with Crippen molar-refractivity contribution in [2.45, 2.75) is 19.4 Å². The van der Waals surface area contributed by atoms with Crippen LogP contribution in [0.5, 0.6) is 0 Å². The van der Waals surface area contributed by atoms with Crippen LogP contribution in [-0.2, 0) is 0 Å². The van der Waals surface area contributed by atoms with Crippen LogP contribution >= 0.6 is 0 Å². The van der Waals surface area contributed by atoms with Gasteiger partial charge in [-0.1, -0.05) is 0 Å². The van der Waals surface area contributed by atoms with E-state index < -0.39 is 6.10 Å². The fourth-order valence-corrected chi connectivity index (χ4v) is 0.267. The Kier molecular flexibility index (Phi) is 14.5. The minimum Gasteiger partial charge on any atom is -0.397 e. The third-order valence-corrected chi connectivity index (χ3v) is 0.734. The average molecular weight is 151 g/mol. The summed E-state index contributed by atoms with van der Waals surface area (Å²) in [5.41, 5.74) is 5.00. The van der Waals surface area contributed by atoms with Crippen LogP contribution in [0.25, 0.3) is 0 Å². The highest BCUT2D eigenvalue weighted by atomic mass is 16.3. The van der Waals surface area contributed by atoms with E-state index in [-0.39, 0.29) is 19.8 Å². The number of rotatable bonds is 3. The summed E-state index contributed by atoms with van der Waals surface area (Å²) in [5, 5.41) is 24.3. The molecule has 0 bridgehead atoms. The molecule has 10 heavy (non-hydrogen) atoms. The minimum atomic E-state index is -0.523. The Morgan fingerprint density at radius 1 is 1.40 bits per heavy atom. The van der Waals surface area contributed by atoms with E-state index in [1.165, 1.54) is 0 Å². The maximum absolute atomic E-state index is 8.57. The molecule has 0 saturated carbocycles. The molecule has 1 unspecified atom stereocenters. The molecular formula is C6H17NO3. The summed E-state index contributed by atoms with van der Waals surface area (Å²) in [6, 6.07) is 0. The van der Waals surface area contributed by atoms with E-state index in [0.717, 1.165) is 0 Å². The van der Waals surface area contributed by atoms with Gasteiger partial charge in [0.05, 0.1) is 6.10 Å². The van der Waals surface area contributed by atoms with Crippen molar-refractivity contribution in [1.29, 1.82) is 0 Å². The highest BCUT2D eigenvalue weighted by Gasteiger charge is 1.95. The van der Waals surface area contributed by atoms with Crippen molar-refractivity contribution in [3.63, 3.8) is 0 Å². The first-order chi connectivity index (χ1) is 4.72. The molecule has 0 rings (SSSR count). The van der Waals surface area contributed by atoms with Crippen LogP contribution in [0.2, 0.25) is 0 Å². The number of nitrogens with two attached hydrogens (primary N) is 1. The van der Waals surface area contributed by atoms with E-state index in [4.69, 9.17) is 21.1 Å². The van der Waals surface area contributed by atoms with Gasteiger partial charge in [-0.05, 0) is 13.3 Å². The standard InChI is InChI=1S/C4H11NO2.C2H6O/c5-3-4(7)1-2-6;1-2-3/h4,6-7H,1-3,5H2;3H,2H2,1H3. The highest BCUT2D eigenvalue weighted by Crippen LogP contribution is 1.83. The second-order valence-corrected chi connectivity index (χ2v) is 1.72. The fourth-order valence-electron chi connectivity index (χ4n) is 0.267. The van der Waals surface area contributed by atoms with Crippen molar-refractivity contribution < 1.29 is 15.3 Å². The SMILES string of the molecule is CCO.NCC(O)CCO. The Balaban J connectivity index is 0. The van der Waals surface area contributed by atoms with Crippen LogP contribution in [0, 0.1) is 0 Å². The Morgan fingerprint density at radius 2 is 1.80 bits per heavy atom. The topological polar surface area (TPSA) is 86.7 Å². The van der Waals surface area contributed by atoms with Crippen molar-refractivity contribution in [2.24, 2.45) is 5.73 Å². The van der Waals surface area contributed by atoms with Crippen molar-refractivity contribution >= 4 is 0 Å². The summed E-state index contributed by atoms with van der Waals surface area (Å²) in [6.07, 6.45) is -0.138. The van der Waals surface area contributed by atoms with Gasteiger partial charge < -0.3 is 21.1 Å². The van der Waals surface area contributed by atoms with Crippen molar-refractivity contribution in [1.82, 2.24) is 0 Å². The summed E-state index contributed by atoms with van der Waals surface area (Å²) < 4.78 is 0. The van der Waals surface area contributed by atoms with Crippen molar-refractivity contribution in [2.75, 3.05) is 19.8 Å². The molecule has 0 fully saturated rings. The van der Waals surface area contributed by atoms with Gasteiger partial charge in [0.2, 0.25) is 0 Å². The summed E-state index contributed by atoms with van der Waals surface area (Å²) in [5.74, 6) is 0. The van der Waals surface area contributed by atoms with Crippen molar-refractivity contribution in [3.05, 3.63) is 0 Å². The fraction of sp³-hybridized carbons (Fsp3) is 1.00. The molecule has 0 saturated heterocycles. The predicted octanol–water partition coefficient (Wildman–Crippen LogP) is -1.31. The van der Waals surface area contributed by atoms with Crippen molar-refractivity contribution in [3.8, 4) is 0 Å². The molecule has 0 heterocycles. The second kappa shape index (κ2) is 11.6. The molecule has 0 aliphatic carbocycles. The lowest BCUT2D eigenvalue weighted by molar-refractivity contribution is 0.139. The highest BCUT2D eigenvalue weighted by molar-refractivity contribution is 4.51. The van der Waals surface area contributed by atoms with E-state index >= 15 is 0 Å². The zero-order chi connectivity index (χ0) is 8.41. The minimum absolute atomic E-state index is 0.0123. The number of hydrogen-bond donors (Lipinski definition) is 4. The first-order valence-electron chi connectivity index (χ1n) is 3.32. The summed E-state index contributed by atoms with van der Waals surface area (Å²) in [7, 11) is 0. The maximum atomic E-state index is 8.57. The molecule has 4 heteroatoms. The predicted molar refractivity (Wildman–Crippen MR) is 39.5 cm³/mol. The van der Waals surface area contributed by atoms with Crippen LogP contribution in [0.4, 0.5) is 0 Å². The molecule has 0 aromatic carbocycles. The lowest BCUT2D eigenvalue weighted by Gasteiger charge is -2.01. The third kappa shape index (κ3) is 15.7. The number of aliphatic hydroxyl groups excluding tert-OH is 3. The van der Waals surface area contributed by atoms with Gasteiger partial charge in [0.1, 0.15) is 0 Å². The molecule has 0 aromatic heterocycles. The van der Waals surface area contributed by atoms with Gasteiger partial charge in [-0.2, -0.15) is 0 Å². The number of aliphatic hydroxyl groups is 3. The van der Waals surface area contributed by atoms with E-state index in [0.29, 0.717) is 6.42 Å². The van der Waals surface area contributed by atoms with E-state index in [1.54, 1.807) is 6.92 Å². The summed E-state index contributed by atoms with van der Waals surface area (Å²) >= 11 is 0. The first-order valence-corrected chi connectivity index (χ1v) is 3.32. The monoisotopic (exact) mass is 151 g/mol. The second-order valence-electron chi connectivity index (χ2n) is 1.72. The van der Waals surface area contributed by atoms with E-state index in [2.05, 4.69) is 0 Å². The van der Waals surface area contributed by atoms with Crippen LogP contribution < -0.4 is 5.73 Å². The lowest BCUT2D eigenvalue weighted by atomic mass is 10.3. The lowest BCUT2D eigenvalue weighted by Crippen LogP contribution is -2.20. The molecule has 0 amide bonds. The van der Waals surface area contributed by atoms with Gasteiger partial charge in [0.25, 0.3) is 0 Å². The quantitative estimate of drug-likeness (QED) is 0.403. The molecule has 0 radical (unpaired) electrons. The van der Waals surface area contributed by atoms with Gasteiger partial charge in [-0.25, -0.2) is 0 Å². The molecule has 0 aliphatic heterocycles. The summed E-state index contributed by atoms with van der Waals surface area (Å²) in [4.78, 5) is 0. The van der Waals surface area contributed by atoms with Gasteiger partial charge in [0, 0.05) is 19.8 Å². The maximum Gasteiger partial charge on any atom is 0.0684 e. The van der Waals surface area contributed by atoms with Crippen LogP contribution in [0.3, 0.4) is 0 Å². The molecule has 5 N–H and O–H groups in total. The Labute approximate surface area is 61.3 Å². The van der Waals surface area contributed by atoms with Gasteiger partial charge in [-0.15, -0.1) is 0 Å². The Morgan fingerprint density at radius 3 is 1.90 bits per heavy atom. The molecule has 0 aliphatic rings. The zero-order valence-electron chi connectivity index (χ0n) is 6.32. The molecule has 64 valence electrons. The molecular weight excluding hydrogens is 134 g/mol. The molecule has 4 nitrogen and oxygen atoms in total. The third-order valence-electron chi connectivity index (χ3n) is 0.734. The number of hydrogen-bond acceptors (Lipinski definition) is 4. The van der Waals surface area contributed by atoms with Gasteiger partial charge >= 0.3 is 0 Å². The summed E-state index contributed by atoms with van der Waals surface area (Å²) in [6.45, 7) is 2.18. The largest absolute Gasteiger partial charge is 0.397 e. The van der Waals surface area contributed by atoms with E-state index in [9.17, 15) is 0 Å². The molecule has 0 aromatic rings.